The summed E-state index contributed by atoms with van der Waals surface area (Å²) in [4.78, 5) is 21.6. The smallest absolute Gasteiger partial charge is 0.260 e. The largest absolute Gasteiger partial charge is 0.362 e. The molecule has 0 spiro atoms. The molecule has 0 aliphatic heterocycles. The lowest BCUT2D eigenvalue weighted by atomic mass is 10.2. The van der Waals surface area contributed by atoms with Gasteiger partial charge in [0, 0.05) is 22.4 Å². The predicted molar refractivity (Wildman–Crippen MR) is 99.8 cm³/mol. The van der Waals surface area contributed by atoms with E-state index < -0.39 is 0 Å². The minimum absolute atomic E-state index is 0.120. The number of thiocarbonyl (C=S) groups is 1. The van der Waals surface area contributed by atoms with Gasteiger partial charge in [0.25, 0.3) is 5.56 Å². The van der Waals surface area contributed by atoms with E-state index in [-0.39, 0.29) is 5.56 Å². The molecule has 23 heavy (non-hydrogen) atoms. The van der Waals surface area contributed by atoms with Crippen molar-refractivity contribution >= 4 is 50.2 Å². The van der Waals surface area contributed by atoms with Crippen LogP contribution in [-0.4, -0.2) is 21.6 Å². The molecule has 3 heterocycles. The van der Waals surface area contributed by atoms with Crippen molar-refractivity contribution in [3.05, 3.63) is 39.1 Å². The average molecular weight is 366 g/mol. The Bertz CT molecular complexity index is 868. The lowest BCUT2D eigenvalue weighted by Gasteiger charge is -2.09. The molecular formula is C14H15N5OS3. The minimum atomic E-state index is -0.120. The molecule has 3 rings (SSSR count). The number of H-pyrrole nitrogens is 1. The Kier molecular flexibility index (Phi) is 5.01. The van der Waals surface area contributed by atoms with Crippen LogP contribution in [0.3, 0.4) is 0 Å². The van der Waals surface area contributed by atoms with Crippen LogP contribution in [0.1, 0.15) is 12.7 Å². The lowest BCUT2D eigenvalue weighted by Crippen LogP contribution is -2.43. The molecule has 0 fully saturated rings. The molecule has 0 aromatic carbocycles. The third-order valence-electron chi connectivity index (χ3n) is 3.07. The molecule has 0 bridgehead atoms. The van der Waals surface area contributed by atoms with Gasteiger partial charge in [-0.3, -0.25) is 10.2 Å². The number of nitrogens with zero attached hydrogens (tertiary/aromatic N) is 1. The number of thiophene rings is 2. The highest BCUT2D eigenvalue weighted by Gasteiger charge is 2.13. The van der Waals surface area contributed by atoms with Crippen LogP contribution in [0.25, 0.3) is 20.7 Å². The summed E-state index contributed by atoms with van der Waals surface area (Å²) in [6.45, 7) is 3.07. The van der Waals surface area contributed by atoms with E-state index in [1.807, 2.05) is 29.8 Å². The Morgan fingerprint density at radius 1 is 1.43 bits per heavy atom. The summed E-state index contributed by atoms with van der Waals surface area (Å²) >= 11 is 8.14. The molecule has 4 N–H and O–H groups in total. The molecular weight excluding hydrogens is 350 g/mol. The van der Waals surface area contributed by atoms with Crippen molar-refractivity contribution in [2.45, 2.75) is 13.5 Å². The molecule has 0 atom stereocenters. The molecule has 0 saturated heterocycles. The zero-order valence-electron chi connectivity index (χ0n) is 12.3. The Balaban J connectivity index is 1.80. The van der Waals surface area contributed by atoms with Gasteiger partial charge in [0.1, 0.15) is 10.7 Å². The second-order valence-corrected chi connectivity index (χ2v) is 6.87. The first-order chi connectivity index (χ1) is 11.2. The molecule has 120 valence electrons. The maximum Gasteiger partial charge on any atom is 0.260 e. The first-order valence-electron chi connectivity index (χ1n) is 7.00. The maximum absolute atomic E-state index is 12.4. The van der Waals surface area contributed by atoms with Crippen molar-refractivity contribution in [1.82, 2.24) is 26.1 Å². The lowest BCUT2D eigenvalue weighted by molar-refractivity contribution is 0.621. The van der Waals surface area contributed by atoms with Gasteiger partial charge in [-0.15, -0.1) is 22.7 Å². The van der Waals surface area contributed by atoms with Gasteiger partial charge in [-0.05, 0) is 30.6 Å². The number of aromatic nitrogens is 2. The number of rotatable bonds is 5. The molecule has 3 aromatic rings. The molecule has 3 aromatic heterocycles. The molecule has 0 amide bonds. The van der Waals surface area contributed by atoms with E-state index in [1.165, 1.54) is 11.3 Å². The van der Waals surface area contributed by atoms with Crippen molar-refractivity contribution in [2.24, 2.45) is 0 Å². The van der Waals surface area contributed by atoms with Crippen LogP contribution < -0.4 is 21.7 Å². The number of hydrogen-bond acceptors (Lipinski definition) is 6. The molecule has 0 unspecified atom stereocenters. The number of hydrazine groups is 1. The van der Waals surface area contributed by atoms with E-state index in [0.717, 1.165) is 21.8 Å². The van der Waals surface area contributed by atoms with Crippen LogP contribution in [0.4, 0.5) is 0 Å². The van der Waals surface area contributed by atoms with Crippen molar-refractivity contribution in [1.29, 1.82) is 0 Å². The highest BCUT2D eigenvalue weighted by Crippen LogP contribution is 2.33. The first kappa shape index (κ1) is 16.1. The van der Waals surface area contributed by atoms with Crippen molar-refractivity contribution in [3.63, 3.8) is 0 Å². The van der Waals surface area contributed by atoms with Gasteiger partial charge in [0.15, 0.2) is 5.11 Å². The van der Waals surface area contributed by atoms with E-state index in [0.29, 0.717) is 22.9 Å². The Morgan fingerprint density at radius 3 is 3.04 bits per heavy atom. The van der Waals surface area contributed by atoms with E-state index in [1.54, 1.807) is 11.3 Å². The zero-order valence-corrected chi connectivity index (χ0v) is 14.8. The van der Waals surface area contributed by atoms with Gasteiger partial charge in [-0.25, -0.2) is 10.4 Å². The highest BCUT2D eigenvalue weighted by atomic mass is 32.1. The topological polar surface area (TPSA) is 81.8 Å². The summed E-state index contributed by atoms with van der Waals surface area (Å²) in [5.41, 5.74) is 6.60. The minimum Gasteiger partial charge on any atom is -0.362 e. The van der Waals surface area contributed by atoms with Crippen molar-refractivity contribution < 1.29 is 0 Å². The first-order valence-corrected chi connectivity index (χ1v) is 9.16. The average Bonchev–Trinajstić information content (AvgIpc) is 3.16. The highest BCUT2D eigenvalue weighted by molar-refractivity contribution is 7.80. The van der Waals surface area contributed by atoms with Gasteiger partial charge in [0.05, 0.1) is 11.9 Å². The standard InChI is InChI=1S/C14H15N5OS3/c1-2-15-14(21)19-16-6-10-17-12(20)11-8(7-23-13(11)18-10)9-4-3-5-22-9/h3-5,7,16H,2,6H2,1H3,(H2,15,19,21)(H,17,18,20). The van der Waals surface area contributed by atoms with E-state index in [2.05, 4.69) is 26.1 Å². The predicted octanol–water partition coefficient (Wildman–Crippen LogP) is 2.20. The molecule has 9 heteroatoms. The van der Waals surface area contributed by atoms with Crippen LogP contribution in [-0.2, 0) is 6.54 Å². The molecule has 0 aliphatic carbocycles. The zero-order chi connectivity index (χ0) is 16.2. The number of nitrogens with one attached hydrogen (secondary N) is 4. The van der Waals surface area contributed by atoms with Crippen molar-refractivity contribution in [2.75, 3.05) is 6.54 Å². The fourth-order valence-electron chi connectivity index (χ4n) is 2.10. The molecule has 0 radical (unpaired) electrons. The van der Waals surface area contributed by atoms with Crippen LogP contribution in [0, 0.1) is 0 Å². The Labute approximate surface area is 145 Å². The van der Waals surface area contributed by atoms with Gasteiger partial charge < -0.3 is 10.3 Å². The fourth-order valence-corrected chi connectivity index (χ4v) is 4.10. The SMILES string of the molecule is CCNC(=S)NNCc1nc2scc(-c3cccs3)c2c(=O)[nH]1. The molecule has 0 saturated carbocycles. The summed E-state index contributed by atoms with van der Waals surface area (Å²) < 4.78 is 0. The fraction of sp³-hybridized carbons (Fsp3) is 0.214. The number of fused-ring (bicyclic) bond motifs is 1. The second-order valence-electron chi connectivity index (χ2n) is 4.66. The summed E-state index contributed by atoms with van der Waals surface area (Å²) in [7, 11) is 0. The maximum atomic E-state index is 12.4. The van der Waals surface area contributed by atoms with E-state index in [9.17, 15) is 4.79 Å². The molecule has 0 aliphatic rings. The third kappa shape index (κ3) is 3.58. The van der Waals surface area contributed by atoms with Crippen LogP contribution in [0.15, 0.2) is 27.7 Å². The normalized spacial score (nSPS) is 10.8. The van der Waals surface area contributed by atoms with Crippen LogP contribution in [0.5, 0.6) is 0 Å². The van der Waals surface area contributed by atoms with Gasteiger partial charge in [-0.2, -0.15) is 0 Å². The van der Waals surface area contributed by atoms with Gasteiger partial charge in [-0.1, -0.05) is 6.07 Å². The second kappa shape index (κ2) is 7.18. The van der Waals surface area contributed by atoms with Crippen molar-refractivity contribution in [3.8, 4) is 10.4 Å². The quantitative estimate of drug-likeness (QED) is 0.410. The van der Waals surface area contributed by atoms with Gasteiger partial charge in [0.2, 0.25) is 0 Å². The summed E-state index contributed by atoms with van der Waals surface area (Å²) in [6.07, 6.45) is 0. The summed E-state index contributed by atoms with van der Waals surface area (Å²) in [5.74, 6) is 0.564. The number of hydrogen-bond donors (Lipinski definition) is 4. The monoisotopic (exact) mass is 365 g/mol. The summed E-state index contributed by atoms with van der Waals surface area (Å²) in [5, 5.41) is 8.10. The van der Waals surface area contributed by atoms with E-state index in [4.69, 9.17) is 12.2 Å². The Hall–Kier alpha value is -1.81. The third-order valence-corrected chi connectivity index (χ3v) is 5.10. The van der Waals surface area contributed by atoms with Crippen LogP contribution in [0.2, 0.25) is 0 Å². The molecule has 6 nitrogen and oxygen atoms in total. The van der Waals surface area contributed by atoms with E-state index >= 15 is 0 Å². The Morgan fingerprint density at radius 2 is 2.30 bits per heavy atom. The number of aromatic amines is 1. The summed E-state index contributed by atoms with van der Waals surface area (Å²) in [6, 6.07) is 3.98. The van der Waals surface area contributed by atoms with Gasteiger partial charge >= 0.3 is 0 Å². The van der Waals surface area contributed by atoms with Crippen LogP contribution >= 0.6 is 34.9 Å².